The Kier molecular flexibility index (Phi) is 4.16. The number of hydrogen-bond acceptors (Lipinski definition) is 5. The molecule has 23 heavy (non-hydrogen) atoms. The summed E-state index contributed by atoms with van der Waals surface area (Å²) in [5.41, 5.74) is 1.28. The largest absolute Gasteiger partial charge is 0.362 e. The summed E-state index contributed by atoms with van der Waals surface area (Å²) in [7, 11) is 0. The van der Waals surface area contributed by atoms with E-state index in [9.17, 15) is 14.9 Å². The Hall–Kier alpha value is -2.22. The molecular weight excluding hydrogens is 364 g/mol. The quantitative estimate of drug-likeness (QED) is 0.592. The van der Waals surface area contributed by atoms with E-state index in [1.165, 1.54) is 13.1 Å². The molecule has 3 rings (SSSR count). The summed E-state index contributed by atoms with van der Waals surface area (Å²) >= 11 is 3.41. The summed E-state index contributed by atoms with van der Waals surface area (Å²) in [5.74, 6) is 0.0291. The van der Waals surface area contributed by atoms with Crippen LogP contribution < -0.4 is 4.90 Å². The van der Waals surface area contributed by atoms with Crippen molar-refractivity contribution >= 4 is 44.1 Å². The van der Waals surface area contributed by atoms with Crippen LogP contribution in [-0.2, 0) is 4.79 Å². The van der Waals surface area contributed by atoms with Gasteiger partial charge >= 0.3 is 5.69 Å². The fourth-order valence-corrected chi connectivity index (χ4v) is 3.21. The molecule has 1 aromatic heterocycles. The minimum Gasteiger partial charge on any atom is -0.362 e. The number of rotatable bonds is 2. The lowest BCUT2D eigenvalue weighted by Gasteiger charge is -2.35. The molecule has 0 saturated carbocycles. The van der Waals surface area contributed by atoms with E-state index in [2.05, 4.69) is 20.9 Å². The predicted octanol–water partition coefficient (Wildman–Crippen LogP) is 2.57. The Bertz CT molecular complexity index is 788. The molecule has 0 bridgehead atoms. The Balaban J connectivity index is 2.07. The number of fused-ring (bicyclic) bond motifs is 1. The zero-order valence-corrected chi connectivity index (χ0v) is 14.1. The second kappa shape index (κ2) is 6.11. The van der Waals surface area contributed by atoms with Crippen LogP contribution in [0.3, 0.4) is 0 Å². The molecule has 0 aliphatic carbocycles. The van der Waals surface area contributed by atoms with E-state index < -0.39 is 4.92 Å². The van der Waals surface area contributed by atoms with Gasteiger partial charge in [-0.1, -0.05) is 15.9 Å². The number of hydrogen-bond donors (Lipinski definition) is 0. The Labute approximate surface area is 141 Å². The number of piperazine rings is 1. The van der Waals surface area contributed by atoms with Crippen LogP contribution in [0.5, 0.6) is 0 Å². The highest BCUT2D eigenvalue weighted by molar-refractivity contribution is 9.10. The van der Waals surface area contributed by atoms with Crippen LogP contribution in [0.4, 0.5) is 11.4 Å². The number of carbonyl (C=O) groups excluding carboxylic acids is 1. The zero-order valence-electron chi connectivity index (χ0n) is 12.5. The van der Waals surface area contributed by atoms with Crippen LogP contribution in [0.25, 0.3) is 10.9 Å². The number of benzene rings is 1. The minimum absolute atomic E-state index is 0.00752. The first-order valence-corrected chi connectivity index (χ1v) is 8.00. The normalized spacial score (nSPS) is 15.0. The van der Waals surface area contributed by atoms with Crippen molar-refractivity contribution in [1.29, 1.82) is 0 Å². The second-order valence-electron chi connectivity index (χ2n) is 5.40. The molecule has 120 valence electrons. The number of pyridine rings is 1. The maximum atomic E-state index is 11.5. The van der Waals surface area contributed by atoms with Gasteiger partial charge in [-0.05, 0) is 18.2 Å². The van der Waals surface area contributed by atoms with E-state index in [0.29, 0.717) is 37.4 Å². The molecule has 8 heteroatoms. The summed E-state index contributed by atoms with van der Waals surface area (Å²) in [4.78, 5) is 30.4. The predicted molar refractivity (Wildman–Crippen MR) is 90.6 cm³/mol. The monoisotopic (exact) mass is 378 g/mol. The van der Waals surface area contributed by atoms with Crippen LogP contribution in [0.2, 0.25) is 0 Å². The summed E-state index contributed by atoms with van der Waals surface area (Å²) < 4.78 is 0.843. The fraction of sp³-hybridized carbons (Fsp3) is 0.333. The molecule has 0 radical (unpaired) electrons. The van der Waals surface area contributed by atoms with Gasteiger partial charge in [0.2, 0.25) is 5.91 Å². The van der Waals surface area contributed by atoms with Gasteiger partial charge in [-0.2, -0.15) is 0 Å². The summed E-state index contributed by atoms with van der Waals surface area (Å²) in [5, 5.41) is 12.2. The van der Waals surface area contributed by atoms with Crippen molar-refractivity contribution in [3.05, 3.63) is 39.0 Å². The first-order chi connectivity index (χ1) is 11.0. The first kappa shape index (κ1) is 15.7. The van der Waals surface area contributed by atoms with Gasteiger partial charge in [0.25, 0.3) is 0 Å². The maximum absolute atomic E-state index is 11.5. The third-order valence-corrected chi connectivity index (χ3v) is 4.51. The highest BCUT2D eigenvalue weighted by atomic mass is 79.9. The van der Waals surface area contributed by atoms with Crippen molar-refractivity contribution in [3.8, 4) is 0 Å². The van der Waals surface area contributed by atoms with Crippen molar-refractivity contribution in [2.75, 3.05) is 31.1 Å². The molecule has 1 aliphatic rings. The third-order valence-electron chi connectivity index (χ3n) is 4.02. The van der Waals surface area contributed by atoms with Crippen molar-refractivity contribution in [1.82, 2.24) is 9.88 Å². The molecule has 2 aromatic rings. The standard InChI is InChI=1S/C15H15BrN4O3/c1-10(21)18-4-6-19(7-5-18)15-12-8-11(16)2-3-13(12)17-9-14(15)20(22)23/h2-3,8-9H,4-7H2,1H3. The van der Waals surface area contributed by atoms with E-state index in [1.54, 1.807) is 4.90 Å². The van der Waals surface area contributed by atoms with Gasteiger partial charge < -0.3 is 9.80 Å². The van der Waals surface area contributed by atoms with Gasteiger partial charge in [0, 0.05) is 43.0 Å². The molecule has 1 saturated heterocycles. The van der Waals surface area contributed by atoms with Crippen molar-refractivity contribution in [2.45, 2.75) is 6.92 Å². The SMILES string of the molecule is CC(=O)N1CCN(c2c([N+](=O)[O-])cnc3ccc(Br)cc23)CC1. The average molecular weight is 379 g/mol. The summed E-state index contributed by atoms with van der Waals surface area (Å²) in [6, 6.07) is 5.54. The summed E-state index contributed by atoms with van der Waals surface area (Å²) in [6.07, 6.45) is 1.31. The number of halogens is 1. The lowest BCUT2D eigenvalue weighted by molar-refractivity contribution is -0.384. The van der Waals surface area contributed by atoms with Crippen LogP contribution >= 0.6 is 15.9 Å². The van der Waals surface area contributed by atoms with E-state index in [-0.39, 0.29) is 11.6 Å². The molecule has 1 aliphatic heterocycles. The van der Waals surface area contributed by atoms with E-state index >= 15 is 0 Å². The third kappa shape index (κ3) is 2.98. The van der Waals surface area contributed by atoms with Crippen LogP contribution in [-0.4, -0.2) is 46.9 Å². The fourth-order valence-electron chi connectivity index (χ4n) is 2.85. The number of nitrogens with zero attached hydrogens (tertiary/aromatic N) is 4. The average Bonchev–Trinajstić information content (AvgIpc) is 2.53. The molecular formula is C15H15BrN4O3. The number of carbonyl (C=O) groups is 1. The zero-order chi connectivity index (χ0) is 16.6. The first-order valence-electron chi connectivity index (χ1n) is 7.20. The van der Waals surface area contributed by atoms with Crippen molar-refractivity contribution in [2.24, 2.45) is 0 Å². The smallest absolute Gasteiger partial charge is 0.311 e. The molecule has 1 fully saturated rings. The molecule has 0 spiro atoms. The molecule has 7 nitrogen and oxygen atoms in total. The second-order valence-corrected chi connectivity index (χ2v) is 6.32. The Morgan fingerprint density at radius 2 is 2.00 bits per heavy atom. The molecule has 1 amide bonds. The number of aromatic nitrogens is 1. The minimum atomic E-state index is -0.403. The van der Waals surface area contributed by atoms with Gasteiger partial charge in [0.1, 0.15) is 11.9 Å². The maximum Gasteiger partial charge on any atom is 0.311 e. The van der Waals surface area contributed by atoms with Crippen molar-refractivity contribution in [3.63, 3.8) is 0 Å². The van der Waals surface area contributed by atoms with Gasteiger partial charge in [-0.15, -0.1) is 0 Å². The molecule has 0 unspecified atom stereocenters. The topological polar surface area (TPSA) is 79.6 Å². The summed E-state index contributed by atoms with van der Waals surface area (Å²) in [6.45, 7) is 3.78. The molecule has 0 atom stereocenters. The van der Waals surface area contributed by atoms with E-state index in [4.69, 9.17) is 0 Å². The number of amides is 1. The Morgan fingerprint density at radius 3 is 2.61 bits per heavy atom. The molecule has 1 aromatic carbocycles. The number of nitro groups is 1. The Morgan fingerprint density at radius 1 is 1.30 bits per heavy atom. The van der Waals surface area contributed by atoms with Gasteiger partial charge in [0.05, 0.1) is 10.4 Å². The molecule has 2 heterocycles. The van der Waals surface area contributed by atoms with Gasteiger partial charge in [-0.25, -0.2) is 4.98 Å². The number of anilines is 1. The van der Waals surface area contributed by atoms with Gasteiger partial charge in [0.15, 0.2) is 0 Å². The lowest BCUT2D eigenvalue weighted by atomic mass is 10.1. The van der Waals surface area contributed by atoms with E-state index in [1.807, 2.05) is 23.1 Å². The highest BCUT2D eigenvalue weighted by Gasteiger charge is 2.27. The van der Waals surface area contributed by atoms with Crippen molar-refractivity contribution < 1.29 is 9.72 Å². The van der Waals surface area contributed by atoms with Gasteiger partial charge in [-0.3, -0.25) is 14.9 Å². The highest BCUT2D eigenvalue weighted by Crippen LogP contribution is 2.36. The van der Waals surface area contributed by atoms with Crippen LogP contribution in [0.15, 0.2) is 28.9 Å². The van der Waals surface area contributed by atoms with Crippen LogP contribution in [0.1, 0.15) is 6.92 Å². The van der Waals surface area contributed by atoms with E-state index in [0.717, 1.165) is 9.86 Å². The lowest BCUT2D eigenvalue weighted by Crippen LogP contribution is -2.48. The molecule has 0 N–H and O–H groups in total. The van der Waals surface area contributed by atoms with Crippen LogP contribution in [0, 0.1) is 10.1 Å².